The Hall–Kier alpha value is -7.36. The van der Waals surface area contributed by atoms with Crippen molar-refractivity contribution in [3.63, 3.8) is 0 Å². The second-order valence-corrected chi connectivity index (χ2v) is 14.1. The van der Waals surface area contributed by atoms with Crippen LogP contribution >= 0.6 is 0 Å². The first-order valence-corrected chi connectivity index (χ1v) is 18.8. The Bertz CT molecular complexity index is 3180. The van der Waals surface area contributed by atoms with E-state index in [1.807, 2.05) is 0 Å². The van der Waals surface area contributed by atoms with Crippen LogP contribution in [0.5, 0.6) is 0 Å². The summed E-state index contributed by atoms with van der Waals surface area (Å²) < 4.78 is 9.59. The number of furan rings is 1. The predicted molar refractivity (Wildman–Crippen MR) is 231 cm³/mol. The quantitative estimate of drug-likeness (QED) is 0.172. The first kappa shape index (κ1) is 31.2. The fraction of sp³-hybridized carbons (Fsp3) is 0. The first-order chi connectivity index (χ1) is 27.3. The number of para-hydroxylation sites is 4. The van der Waals surface area contributed by atoms with E-state index in [1.165, 1.54) is 43.7 Å². The van der Waals surface area contributed by atoms with Gasteiger partial charge >= 0.3 is 0 Å². The summed E-state index contributed by atoms with van der Waals surface area (Å²) in [4.78, 5) is 2.31. The summed E-state index contributed by atoms with van der Waals surface area (Å²) in [6.45, 7) is 0. The largest absolute Gasteiger partial charge is 0.453 e. The Morgan fingerprint density at radius 1 is 0.382 bits per heavy atom. The van der Waals surface area contributed by atoms with Crippen LogP contribution in [0.25, 0.3) is 82.5 Å². The molecule has 0 aliphatic heterocycles. The van der Waals surface area contributed by atoms with Crippen LogP contribution < -0.4 is 4.90 Å². The zero-order chi connectivity index (χ0) is 36.3. The normalized spacial score (nSPS) is 11.6. The van der Waals surface area contributed by atoms with Gasteiger partial charge in [0, 0.05) is 44.2 Å². The number of aromatic nitrogens is 1. The number of anilines is 3. The SMILES string of the molecule is c1ccc(-c2ccc(N(c3ccccc3)c3cccc4c3oc3c(-c5ccc6c(c5)c5ccccc5n6-c5ccccc5)cc5ccccc5c34)cc2)cc1. The molecule has 3 heteroatoms. The molecule has 0 bridgehead atoms. The molecule has 0 saturated carbocycles. The van der Waals surface area contributed by atoms with Crippen molar-refractivity contribution in [2.45, 2.75) is 0 Å². The van der Waals surface area contributed by atoms with Crippen molar-refractivity contribution in [1.29, 1.82) is 0 Å². The van der Waals surface area contributed by atoms with Gasteiger partial charge in [-0.1, -0.05) is 140 Å². The van der Waals surface area contributed by atoms with Gasteiger partial charge in [-0.3, -0.25) is 0 Å². The minimum absolute atomic E-state index is 0.854. The molecule has 0 N–H and O–H groups in total. The first-order valence-electron chi connectivity index (χ1n) is 18.8. The van der Waals surface area contributed by atoms with Crippen LogP contribution in [0.15, 0.2) is 211 Å². The second kappa shape index (κ2) is 12.6. The molecule has 11 aromatic rings. The van der Waals surface area contributed by atoms with Gasteiger partial charge < -0.3 is 13.9 Å². The molecule has 0 spiro atoms. The van der Waals surface area contributed by atoms with Crippen molar-refractivity contribution in [3.05, 3.63) is 206 Å². The molecule has 2 heterocycles. The lowest BCUT2D eigenvalue weighted by molar-refractivity contribution is 0.670. The molecule has 258 valence electrons. The van der Waals surface area contributed by atoms with Gasteiger partial charge in [-0.15, -0.1) is 0 Å². The van der Waals surface area contributed by atoms with E-state index >= 15 is 0 Å². The summed E-state index contributed by atoms with van der Waals surface area (Å²) in [7, 11) is 0. The highest BCUT2D eigenvalue weighted by atomic mass is 16.3. The van der Waals surface area contributed by atoms with Gasteiger partial charge in [0.05, 0.1) is 16.7 Å². The standard InChI is InChI=1S/C52H34N2O/c1-4-15-35(16-5-1)36-27-30-41(31-28-36)53(39-18-6-2-7-19-39)49-26-14-24-44-50-42-22-11-10-17-37(42)33-45(52(50)55-51(44)49)38-29-32-48-46(34-38)43-23-12-13-25-47(43)54(48)40-20-8-3-9-21-40/h1-34H. The van der Waals surface area contributed by atoms with Gasteiger partial charge in [0.25, 0.3) is 0 Å². The number of nitrogens with zero attached hydrogens (tertiary/aromatic N) is 2. The zero-order valence-corrected chi connectivity index (χ0v) is 29.9. The third kappa shape index (κ3) is 5.05. The maximum absolute atomic E-state index is 7.22. The van der Waals surface area contributed by atoms with Crippen LogP contribution in [0.1, 0.15) is 0 Å². The third-order valence-electron chi connectivity index (χ3n) is 11.0. The van der Waals surface area contributed by atoms with Crippen molar-refractivity contribution in [2.75, 3.05) is 4.90 Å². The van der Waals surface area contributed by atoms with Crippen molar-refractivity contribution < 1.29 is 4.42 Å². The molecule has 0 amide bonds. The van der Waals surface area contributed by atoms with Gasteiger partial charge in [0.15, 0.2) is 5.58 Å². The molecule has 55 heavy (non-hydrogen) atoms. The van der Waals surface area contributed by atoms with E-state index in [4.69, 9.17) is 4.42 Å². The molecule has 2 aromatic heterocycles. The van der Waals surface area contributed by atoms with Crippen molar-refractivity contribution in [1.82, 2.24) is 4.57 Å². The Balaban J connectivity index is 1.15. The Morgan fingerprint density at radius 2 is 0.982 bits per heavy atom. The lowest BCUT2D eigenvalue weighted by Gasteiger charge is -2.25. The highest BCUT2D eigenvalue weighted by Crippen LogP contribution is 2.47. The molecule has 9 aromatic carbocycles. The smallest absolute Gasteiger partial charge is 0.159 e. The molecule has 0 fully saturated rings. The summed E-state index contributed by atoms with van der Waals surface area (Å²) in [6.07, 6.45) is 0. The van der Waals surface area contributed by atoms with Crippen LogP contribution in [0, 0.1) is 0 Å². The molecule has 0 saturated heterocycles. The van der Waals surface area contributed by atoms with Crippen LogP contribution in [-0.2, 0) is 0 Å². The van der Waals surface area contributed by atoms with E-state index in [0.29, 0.717) is 0 Å². The number of fused-ring (bicyclic) bond motifs is 8. The van der Waals surface area contributed by atoms with Gasteiger partial charge in [-0.2, -0.15) is 0 Å². The van der Waals surface area contributed by atoms with E-state index in [1.54, 1.807) is 0 Å². The molecule has 11 rings (SSSR count). The molecule has 0 aliphatic rings. The predicted octanol–water partition coefficient (Wildman–Crippen LogP) is 14.6. The number of hydrogen-bond donors (Lipinski definition) is 0. The van der Waals surface area contributed by atoms with E-state index in [2.05, 4.69) is 216 Å². The van der Waals surface area contributed by atoms with Crippen LogP contribution in [0.2, 0.25) is 0 Å². The van der Waals surface area contributed by atoms with Gasteiger partial charge in [-0.05, 0) is 94.2 Å². The summed E-state index contributed by atoms with van der Waals surface area (Å²) in [5.74, 6) is 0. The maximum atomic E-state index is 7.22. The van der Waals surface area contributed by atoms with Crippen molar-refractivity contribution >= 4 is 71.6 Å². The topological polar surface area (TPSA) is 21.3 Å². The lowest BCUT2D eigenvalue weighted by atomic mass is 9.95. The minimum atomic E-state index is 0.854. The number of benzene rings is 9. The summed E-state index contributed by atoms with van der Waals surface area (Å²) in [6, 6.07) is 73.6. The summed E-state index contributed by atoms with van der Waals surface area (Å²) >= 11 is 0. The van der Waals surface area contributed by atoms with Crippen molar-refractivity contribution in [2.24, 2.45) is 0 Å². The summed E-state index contributed by atoms with van der Waals surface area (Å²) in [5.41, 5.74) is 12.9. The highest BCUT2D eigenvalue weighted by Gasteiger charge is 2.23. The second-order valence-electron chi connectivity index (χ2n) is 14.1. The van der Waals surface area contributed by atoms with E-state index in [0.717, 1.165) is 55.8 Å². The monoisotopic (exact) mass is 702 g/mol. The average molecular weight is 703 g/mol. The summed E-state index contributed by atoms with van der Waals surface area (Å²) in [5, 5.41) is 7.02. The molecular weight excluding hydrogens is 669 g/mol. The fourth-order valence-corrected chi connectivity index (χ4v) is 8.46. The van der Waals surface area contributed by atoms with Gasteiger partial charge in [-0.25, -0.2) is 0 Å². The molecule has 3 nitrogen and oxygen atoms in total. The maximum Gasteiger partial charge on any atom is 0.159 e. The Labute approximate surface area is 318 Å². The van der Waals surface area contributed by atoms with Gasteiger partial charge in [0.2, 0.25) is 0 Å². The number of hydrogen-bond acceptors (Lipinski definition) is 2. The number of rotatable bonds is 6. The van der Waals surface area contributed by atoms with Crippen LogP contribution in [0.3, 0.4) is 0 Å². The zero-order valence-electron chi connectivity index (χ0n) is 29.9. The van der Waals surface area contributed by atoms with Crippen molar-refractivity contribution in [3.8, 4) is 27.9 Å². The fourth-order valence-electron chi connectivity index (χ4n) is 8.46. The molecule has 0 atom stereocenters. The molecule has 0 unspecified atom stereocenters. The van der Waals surface area contributed by atoms with Crippen LogP contribution in [-0.4, -0.2) is 4.57 Å². The van der Waals surface area contributed by atoms with Crippen LogP contribution in [0.4, 0.5) is 17.1 Å². The minimum Gasteiger partial charge on any atom is -0.453 e. The Morgan fingerprint density at radius 3 is 1.78 bits per heavy atom. The average Bonchev–Trinajstić information content (AvgIpc) is 3.82. The highest BCUT2D eigenvalue weighted by molar-refractivity contribution is 6.24. The van der Waals surface area contributed by atoms with Gasteiger partial charge in [0.1, 0.15) is 5.58 Å². The van der Waals surface area contributed by atoms with E-state index in [-0.39, 0.29) is 0 Å². The lowest BCUT2D eigenvalue weighted by Crippen LogP contribution is -2.10. The van der Waals surface area contributed by atoms with E-state index in [9.17, 15) is 0 Å². The molecule has 0 radical (unpaired) electrons. The third-order valence-corrected chi connectivity index (χ3v) is 11.0. The molecular formula is C52H34N2O. The van der Waals surface area contributed by atoms with E-state index < -0.39 is 0 Å². The molecule has 0 aliphatic carbocycles. The Kier molecular flexibility index (Phi) is 7.17.